The Kier molecular flexibility index (Phi) is 6.40. The molecule has 4 heteroatoms. The summed E-state index contributed by atoms with van der Waals surface area (Å²) in [6.45, 7) is 12.7. The molecular formula is C17H27N3O. The summed E-state index contributed by atoms with van der Waals surface area (Å²) in [6, 6.07) is 4.04. The molecule has 4 nitrogen and oxygen atoms in total. The molecular weight excluding hydrogens is 262 g/mol. The zero-order valence-electron chi connectivity index (χ0n) is 14.2. The number of hydrogen-bond acceptors (Lipinski definition) is 3. The van der Waals surface area contributed by atoms with Crippen molar-refractivity contribution >= 4 is 0 Å². The third-order valence-corrected chi connectivity index (χ3v) is 2.64. The molecule has 2 aromatic rings. The van der Waals surface area contributed by atoms with Crippen LogP contribution in [0.15, 0.2) is 24.7 Å². The summed E-state index contributed by atoms with van der Waals surface area (Å²) in [7, 11) is 1.64. The van der Waals surface area contributed by atoms with Crippen molar-refractivity contribution in [2.75, 3.05) is 7.11 Å². The highest BCUT2D eigenvalue weighted by atomic mass is 16.5. The van der Waals surface area contributed by atoms with Gasteiger partial charge in [0.2, 0.25) is 5.88 Å². The van der Waals surface area contributed by atoms with E-state index in [1.807, 2.05) is 29.8 Å². The lowest BCUT2D eigenvalue weighted by Crippen LogP contribution is -2.01. The molecule has 0 amide bonds. The number of nitrogens with zero attached hydrogens (tertiary/aromatic N) is 3. The molecule has 0 aliphatic carbocycles. The zero-order chi connectivity index (χ0) is 16.0. The molecule has 0 radical (unpaired) electrons. The Morgan fingerprint density at radius 2 is 1.71 bits per heavy atom. The van der Waals surface area contributed by atoms with E-state index < -0.39 is 0 Å². The summed E-state index contributed by atoms with van der Waals surface area (Å²) in [5.41, 5.74) is 2.92. The first-order valence-electron chi connectivity index (χ1n) is 7.41. The van der Waals surface area contributed by atoms with Crippen molar-refractivity contribution in [2.45, 2.75) is 47.5 Å². The van der Waals surface area contributed by atoms with Gasteiger partial charge in [0.15, 0.2) is 0 Å². The van der Waals surface area contributed by atoms with Gasteiger partial charge < -0.3 is 9.30 Å². The maximum atomic E-state index is 5.34. The van der Waals surface area contributed by atoms with Crippen molar-refractivity contribution in [1.29, 1.82) is 0 Å². The summed E-state index contributed by atoms with van der Waals surface area (Å²) in [6.07, 6.45) is 3.72. The molecule has 0 saturated heterocycles. The zero-order valence-corrected chi connectivity index (χ0v) is 14.2. The van der Waals surface area contributed by atoms with Crippen molar-refractivity contribution in [1.82, 2.24) is 14.5 Å². The Morgan fingerprint density at radius 3 is 2.14 bits per heavy atom. The molecule has 2 heterocycles. The fourth-order valence-corrected chi connectivity index (χ4v) is 1.67. The van der Waals surface area contributed by atoms with E-state index in [0.29, 0.717) is 11.8 Å². The topological polar surface area (TPSA) is 39.9 Å². The van der Waals surface area contributed by atoms with E-state index in [1.54, 1.807) is 13.4 Å². The lowest BCUT2D eigenvalue weighted by molar-refractivity contribution is 0.393. The average molecular weight is 289 g/mol. The van der Waals surface area contributed by atoms with Crippen LogP contribution < -0.4 is 4.74 Å². The third kappa shape index (κ3) is 5.21. The van der Waals surface area contributed by atoms with Crippen molar-refractivity contribution in [3.8, 4) is 11.6 Å². The van der Waals surface area contributed by atoms with Gasteiger partial charge in [-0.05, 0) is 30.9 Å². The first kappa shape index (κ1) is 17.2. The second kappa shape index (κ2) is 7.81. The maximum absolute atomic E-state index is 5.34. The van der Waals surface area contributed by atoms with Gasteiger partial charge in [0.25, 0.3) is 0 Å². The van der Waals surface area contributed by atoms with E-state index in [9.17, 15) is 0 Å². The van der Waals surface area contributed by atoms with Crippen LogP contribution in [0.2, 0.25) is 0 Å². The normalized spacial score (nSPS) is 10.5. The van der Waals surface area contributed by atoms with Crippen LogP contribution in [-0.4, -0.2) is 21.6 Å². The standard InChI is InChI=1S/C13H17N3O.C4H10/c1-9(2)11-5-6-12(13(15-11)17-4)16-7-10(3)14-8-16;1-4(2)3/h5-9H,1-4H3;4H,1-3H3. The summed E-state index contributed by atoms with van der Waals surface area (Å²) >= 11 is 0. The number of methoxy groups -OCH3 is 1. The smallest absolute Gasteiger partial charge is 0.238 e. The highest BCUT2D eigenvalue weighted by molar-refractivity contribution is 5.43. The number of pyridine rings is 1. The van der Waals surface area contributed by atoms with Crippen molar-refractivity contribution < 1.29 is 4.74 Å². The fourth-order valence-electron chi connectivity index (χ4n) is 1.67. The highest BCUT2D eigenvalue weighted by Gasteiger charge is 2.10. The molecule has 0 aromatic carbocycles. The molecule has 0 aliphatic rings. The van der Waals surface area contributed by atoms with Crippen LogP contribution >= 0.6 is 0 Å². The Morgan fingerprint density at radius 1 is 1.10 bits per heavy atom. The minimum Gasteiger partial charge on any atom is -0.479 e. The molecule has 116 valence electrons. The molecule has 0 atom stereocenters. The lowest BCUT2D eigenvalue weighted by Gasteiger charge is -2.11. The summed E-state index contributed by atoms with van der Waals surface area (Å²) in [4.78, 5) is 8.71. The summed E-state index contributed by atoms with van der Waals surface area (Å²) in [5.74, 6) is 1.86. The van der Waals surface area contributed by atoms with Crippen LogP contribution in [0.5, 0.6) is 5.88 Å². The predicted octanol–water partition coefficient (Wildman–Crippen LogP) is 4.37. The van der Waals surface area contributed by atoms with Gasteiger partial charge in [-0.2, -0.15) is 0 Å². The van der Waals surface area contributed by atoms with Crippen LogP contribution in [0.1, 0.15) is 51.9 Å². The van der Waals surface area contributed by atoms with E-state index in [4.69, 9.17) is 4.74 Å². The third-order valence-electron chi connectivity index (χ3n) is 2.64. The van der Waals surface area contributed by atoms with Crippen molar-refractivity contribution in [3.63, 3.8) is 0 Å². The fraction of sp³-hybridized carbons (Fsp3) is 0.529. The molecule has 2 aromatic heterocycles. The number of rotatable bonds is 3. The second-order valence-corrected chi connectivity index (χ2v) is 6.07. The minimum absolute atomic E-state index is 0.391. The summed E-state index contributed by atoms with van der Waals surface area (Å²) < 4.78 is 7.26. The first-order chi connectivity index (χ1) is 9.85. The molecule has 0 saturated carbocycles. The van der Waals surface area contributed by atoms with Crippen LogP contribution in [-0.2, 0) is 0 Å². The van der Waals surface area contributed by atoms with E-state index in [1.165, 1.54) is 0 Å². The van der Waals surface area contributed by atoms with Gasteiger partial charge in [-0.3, -0.25) is 0 Å². The predicted molar refractivity (Wildman–Crippen MR) is 87.2 cm³/mol. The van der Waals surface area contributed by atoms with Gasteiger partial charge in [-0.1, -0.05) is 34.6 Å². The van der Waals surface area contributed by atoms with Crippen LogP contribution in [0.3, 0.4) is 0 Å². The van der Waals surface area contributed by atoms with Gasteiger partial charge >= 0.3 is 0 Å². The van der Waals surface area contributed by atoms with Gasteiger partial charge in [0.05, 0.1) is 19.1 Å². The second-order valence-electron chi connectivity index (χ2n) is 6.07. The van der Waals surface area contributed by atoms with E-state index in [-0.39, 0.29) is 0 Å². The Balaban J connectivity index is 0.000000491. The molecule has 0 bridgehead atoms. The van der Waals surface area contributed by atoms with Gasteiger partial charge in [-0.15, -0.1) is 0 Å². The molecule has 21 heavy (non-hydrogen) atoms. The number of imidazole rings is 1. The molecule has 0 N–H and O–H groups in total. The van der Waals surface area contributed by atoms with Crippen molar-refractivity contribution in [3.05, 3.63) is 36.0 Å². The number of aryl methyl sites for hydroxylation is 1. The number of ether oxygens (including phenoxy) is 1. The van der Waals surface area contributed by atoms with E-state index in [2.05, 4.69) is 44.6 Å². The SMILES string of the molecule is CC(C)C.COc1nc(C(C)C)ccc1-n1cnc(C)c1. The lowest BCUT2D eigenvalue weighted by atomic mass is 10.1. The Hall–Kier alpha value is -1.84. The largest absolute Gasteiger partial charge is 0.479 e. The van der Waals surface area contributed by atoms with Crippen molar-refractivity contribution in [2.24, 2.45) is 5.92 Å². The quantitative estimate of drug-likeness (QED) is 0.842. The molecule has 0 aliphatic heterocycles. The summed E-state index contributed by atoms with van der Waals surface area (Å²) in [5, 5.41) is 0. The van der Waals surface area contributed by atoms with E-state index in [0.717, 1.165) is 23.0 Å². The molecule has 2 rings (SSSR count). The van der Waals surface area contributed by atoms with Crippen LogP contribution in [0.25, 0.3) is 5.69 Å². The maximum Gasteiger partial charge on any atom is 0.238 e. The van der Waals surface area contributed by atoms with Gasteiger partial charge in [0.1, 0.15) is 5.69 Å². The Labute approximate surface area is 128 Å². The molecule has 0 fully saturated rings. The Bertz CT molecular complexity index is 556. The number of hydrogen-bond donors (Lipinski definition) is 0. The van der Waals surface area contributed by atoms with E-state index >= 15 is 0 Å². The van der Waals surface area contributed by atoms with Crippen LogP contribution in [0, 0.1) is 12.8 Å². The minimum atomic E-state index is 0.391. The molecule has 0 unspecified atom stereocenters. The van der Waals surface area contributed by atoms with Crippen LogP contribution in [0.4, 0.5) is 0 Å². The monoisotopic (exact) mass is 289 g/mol. The first-order valence-corrected chi connectivity index (χ1v) is 7.41. The van der Waals surface area contributed by atoms with Gasteiger partial charge in [0, 0.05) is 11.9 Å². The van der Waals surface area contributed by atoms with Gasteiger partial charge in [-0.25, -0.2) is 9.97 Å². The highest BCUT2D eigenvalue weighted by Crippen LogP contribution is 2.23. The average Bonchev–Trinajstić information content (AvgIpc) is 2.83. The molecule has 0 spiro atoms. The number of aromatic nitrogens is 3.